The number of nitrogens with one attached hydrogen (secondary N) is 2. The number of para-hydroxylation sites is 1. The third-order valence-corrected chi connectivity index (χ3v) is 5.26. The third kappa shape index (κ3) is 1.90. The van der Waals surface area contributed by atoms with Gasteiger partial charge in [0.1, 0.15) is 11.2 Å². The van der Waals surface area contributed by atoms with E-state index >= 15 is 0 Å². The van der Waals surface area contributed by atoms with Gasteiger partial charge in [0, 0.05) is 22.7 Å². The Morgan fingerprint density at radius 2 is 1.77 bits per heavy atom. The number of amides is 2. The Morgan fingerprint density at radius 1 is 1.00 bits per heavy atom. The van der Waals surface area contributed by atoms with Crippen LogP contribution in [0.4, 0.5) is 11.5 Å². The van der Waals surface area contributed by atoms with E-state index in [1.54, 1.807) is 23.0 Å². The van der Waals surface area contributed by atoms with Crippen LogP contribution in [0.1, 0.15) is 17.5 Å². The summed E-state index contributed by atoms with van der Waals surface area (Å²) in [7, 11) is 0. The molecular weight excluding hydrogens is 352 g/mol. The minimum Gasteiger partial charge on any atom is -0.325 e. The van der Waals surface area contributed by atoms with Crippen LogP contribution >= 0.6 is 11.6 Å². The Balaban J connectivity index is 1.75. The van der Waals surface area contributed by atoms with Crippen LogP contribution in [-0.2, 0) is 15.0 Å². The van der Waals surface area contributed by atoms with Gasteiger partial charge in [-0.05, 0) is 35.9 Å². The van der Waals surface area contributed by atoms with Gasteiger partial charge in [-0.3, -0.25) is 9.59 Å². The SMILES string of the molecule is O=C1C[C@]2(C(=O)Nc3ccccc32)c2cnn(-c3ccc(Cl)cc3)c2N1. The Hall–Kier alpha value is -3.12. The first kappa shape index (κ1) is 15.2. The molecule has 2 amide bonds. The van der Waals surface area contributed by atoms with Crippen molar-refractivity contribution in [2.45, 2.75) is 11.8 Å². The second-order valence-corrected chi connectivity index (χ2v) is 6.86. The molecule has 7 heteroatoms. The van der Waals surface area contributed by atoms with Gasteiger partial charge in [-0.15, -0.1) is 0 Å². The van der Waals surface area contributed by atoms with E-state index in [-0.39, 0.29) is 18.2 Å². The summed E-state index contributed by atoms with van der Waals surface area (Å²) in [4.78, 5) is 25.5. The van der Waals surface area contributed by atoms with Crippen molar-refractivity contribution in [2.75, 3.05) is 10.6 Å². The maximum Gasteiger partial charge on any atom is 0.240 e. The molecule has 0 saturated carbocycles. The van der Waals surface area contributed by atoms with Crippen molar-refractivity contribution in [1.29, 1.82) is 0 Å². The van der Waals surface area contributed by atoms with E-state index in [0.29, 0.717) is 16.4 Å². The number of carbonyl (C=O) groups excluding carboxylic acids is 2. The van der Waals surface area contributed by atoms with Crippen molar-refractivity contribution >= 4 is 34.9 Å². The Labute approximate surface area is 153 Å². The lowest BCUT2D eigenvalue weighted by Crippen LogP contribution is -2.43. The van der Waals surface area contributed by atoms with Crippen molar-refractivity contribution in [3.8, 4) is 5.69 Å². The van der Waals surface area contributed by atoms with E-state index < -0.39 is 5.41 Å². The van der Waals surface area contributed by atoms with Gasteiger partial charge < -0.3 is 10.6 Å². The highest BCUT2D eigenvalue weighted by atomic mass is 35.5. The molecule has 0 unspecified atom stereocenters. The second-order valence-electron chi connectivity index (χ2n) is 6.43. The van der Waals surface area contributed by atoms with Gasteiger partial charge >= 0.3 is 0 Å². The summed E-state index contributed by atoms with van der Waals surface area (Å²) in [5.74, 6) is 0.0842. The molecule has 26 heavy (non-hydrogen) atoms. The average Bonchev–Trinajstić information content (AvgIpc) is 3.16. The molecule has 2 aliphatic heterocycles. The number of rotatable bonds is 1. The number of hydrogen-bond acceptors (Lipinski definition) is 3. The van der Waals surface area contributed by atoms with Crippen LogP contribution in [0.3, 0.4) is 0 Å². The topological polar surface area (TPSA) is 76.0 Å². The van der Waals surface area contributed by atoms with E-state index in [1.165, 1.54) is 0 Å². The second kappa shape index (κ2) is 5.19. The van der Waals surface area contributed by atoms with Crippen LogP contribution in [0.15, 0.2) is 54.7 Å². The smallest absolute Gasteiger partial charge is 0.240 e. The van der Waals surface area contributed by atoms with Gasteiger partial charge in [0.15, 0.2) is 0 Å². The van der Waals surface area contributed by atoms with Gasteiger partial charge in [0.25, 0.3) is 0 Å². The van der Waals surface area contributed by atoms with Gasteiger partial charge in [-0.2, -0.15) is 5.10 Å². The Kier molecular flexibility index (Phi) is 3.02. The predicted octanol–water partition coefficient (Wildman–Crippen LogP) is 3.11. The highest BCUT2D eigenvalue weighted by molar-refractivity contribution is 6.30. The number of fused-ring (bicyclic) bond motifs is 4. The van der Waals surface area contributed by atoms with Crippen molar-refractivity contribution in [2.24, 2.45) is 0 Å². The fraction of sp³-hybridized carbons (Fsp3) is 0.105. The molecule has 2 N–H and O–H groups in total. The van der Waals surface area contributed by atoms with E-state index in [1.807, 2.05) is 36.4 Å². The molecule has 0 radical (unpaired) electrons. The summed E-state index contributed by atoms with van der Waals surface area (Å²) in [5.41, 5.74) is 1.92. The first-order valence-electron chi connectivity index (χ1n) is 8.15. The zero-order chi connectivity index (χ0) is 17.9. The fourth-order valence-corrected chi connectivity index (χ4v) is 3.96. The number of hydrogen-bond donors (Lipinski definition) is 2. The molecule has 0 bridgehead atoms. The summed E-state index contributed by atoms with van der Waals surface area (Å²) in [5, 5.41) is 10.8. The Bertz CT molecular complexity index is 1070. The van der Waals surface area contributed by atoms with E-state index in [9.17, 15) is 9.59 Å². The molecule has 2 aliphatic rings. The maximum absolute atomic E-state index is 13.0. The molecule has 0 fully saturated rings. The molecule has 5 rings (SSSR count). The van der Waals surface area contributed by atoms with Crippen LogP contribution in [0.5, 0.6) is 0 Å². The van der Waals surface area contributed by atoms with Crippen LogP contribution < -0.4 is 10.6 Å². The highest BCUT2D eigenvalue weighted by Crippen LogP contribution is 2.49. The van der Waals surface area contributed by atoms with Crippen molar-refractivity contribution in [1.82, 2.24) is 9.78 Å². The van der Waals surface area contributed by atoms with Gasteiger partial charge in [-0.25, -0.2) is 4.68 Å². The normalized spacial score (nSPS) is 20.5. The fourth-order valence-electron chi connectivity index (χ4n) is 3.83. The highest BCUT2D eigenvalue weighted by Gasteiger charge is 2.54. The summed E-state index contributed by atoms with van der Waals surface area (Å²) in [6.45, 7) is 0. The molecule has 3 aromatic rings. The van der Waals surface area contributed by atoms with Gasteiger partial charge in [-0.1, -0.05) is 29.8 Å². The monoisotopic (exact) mass is 364 g/mol. The minimum atomic E-state index is -1.06. The summed E-state index contributed by atoms with van der Waals surface area (Å²) in [6, 6.07) is 14.6. The van der Waals surface area contributed by atoms with Crippen molar-refractivity contribution in [3.63, 3.8) is 0 Å². The largest absolute Gasteiger partial charge is 0.325 e. The molecule has 1 spiro atoms. The summed E-state index contributed by atoms with van der Waals surface area (Å²) < 4.78 is 1.62. The van der Waals surface area contributed by atoms with Crippen LogP contribution in [0, 0.1) is 0 Å². The number of benzene rings is 2. The first-order chi connectivity index (χ1) is 12.6. The lowest BCUT2D eigenvalue weighted by Gasteiger charge is -2.31. The molecule has 2 aromatic carbocycles. The number of nitrogens with zero attached hydrogens (tertiary/aromatic N) is 2. The molecule has 3 heterocycles. The number of anilines is 2. The molecule has 1 aromatic heterocycles. The third-order valence-electron chi connectivity index (χ3n) is 5.01. The zero-order valence-electron chi connectivity index (χ0n) is 13.5. The van der Waals surface area contributed by atoms with E-state index in [2.05, 4.69) is 15.7 Å². The van der Waals surface area contributed by atoms with Crippen LogP contribution in [-0.4, -0.2) is 21.6 Å². The van der Waals surface area contributed by atoms with E-state index in [4.69, 9.17) is 11.6 Å². The first-order valence-corrected chi connectivity index (χ1v) is 8.53. The van der Waals surface area contributed by atoms with Crippen molar-refractivity contribution < 1.29 is 9.59 Å². The van der Waals surface area contributed by atoms with Gasteiger partial charge in [0.2, 0.25) is 11.8 Å². The number of aromatic nitrogens is 2. The molecule has 1 atom stereocenters. The lowest BCUT2D eigenvalue weighted by molar-refractivity contribution is -0.125. The lowest BCUT2D eigenvalue weighted by atomic mass is 9.72. The van der Waals surface area contributed by atoms with Crippen molar-refractivity contribution in [3.05, 3.63) is 70.9 Å². The van der Waals surface area contributed by atoms with E-state index in [0.717, 1.165) is 16.9 Å². The standard InChI is InChI=1S/C19H13ClN4O2/c20-11-5-7-12(8-6-11)24-17-14(10-21-24)19(9-16(25)23-17)13-3-1-2-4-15(13)22-18(19)26/h1-8,10H,9H2,(H,22,26)(H,23,25)/t19-/m1/s1. The predicted molar refractivity (Wildman–Crippen MR) is 97.7 cm³/mol. The molecule has 0 saturated heterocycles. The quantitative estimate of drug-likeness (QED) is 0.696. The number of carbonyl (C=O) groups is 2. The van der Waals surface area contributed by atoms with Crippen LogP contribution in [0.2, 0.25) is 5.02 Å². The summed E-state index contributed by atoms with van der Waals surface area (Å²) in [6.07, 6.45) is 1.71. The Morgan fingerprint density at radius 3 is 2.58 bits per heavy atom. The minimum absolute atomic E-state index is 0.0508. The summed E-state index contributed by atoms with van der Waals surface area (Å²) >= 11 is 5.96. The molecular formula is C19H13ClN4O2. The average molecular weight is 365 g/mol. The molecule has 128 valence electrons. The zero-order valence-corrected chi connectivity index (χ0v) is 14.2. The number of halogens is 1. The van der Waals surface area contributed by atoms with Crippen LogP contribution in [0.25, 0.3) is 5.69 Å². The molecule has 0 aliphatic carbocycles. The molecule has 6 nitrogen and oxygen atoms in total. The maximum atomic E-state index is 13.0. The van der Waals surface area contributed by atoms with Gasteiger partial charge in [0.05, 0.1) is 11.9 Å².